The summed E-state index contributed by atoms with van der Waals surface area (Å²) in [6, 6.07) is 11.0. The molecule has 6 heteroatoms. The van der Waals surface area contributed by atoms with Crippen LogP contribution in [0.15, 0.2) is 42.5 Å². The maximum absolute atomic E-state index is 13.3. The largest absolute Gasteiger partial charge is 0.492 e. The normalized spacial score (nSPS) is 11.0. The van der Waals surface area contributed by atoms with Gasteiger partial charge in [-0.3, -0.25) is 0 Å². The van der Waals surface area contributed by atoms with E-state index in [4.69, 9.17) is 10.5 Å². The first-order valence-corrected chi connectivity index (χ1v) is 6.53. The van der Waals surface area contributed by atoms with E-state index in [1.54, 1.807) is 18.2 Å². The second-order valence-electron chi connectivity index (χ2n) is 4.71. The molecule has 2 aromatic rings. The van der Waals surface area contributed by atoms with Crippen LogP contribution in [0, 0.1) is 6.92 Å². The molecule has 0 aliphatic heterocycles. The predicted molar refractivity (Wildman–Crippen MR) is 83.4 cm³/mol. The minimum absolute atomic E-state index is 0. The molecular weight excluding hydrogens is 315 g/mol. The molecule has 0 amide bonds. The summed E-state index contributed by atoms with van der Waals surface area (Å²) in [7, 11) is 0. The Bertz CT molecular complexity index is 629. The van der Waals surface area contributed by atoms with E-state index in [0.29, 0.717) is 5.56 Å². The van der Waals surface area contributed by atoms with Crippen LogP contribution in [0.3, 0.4) is 0 Å². The van der Waals surface area contributed by atoms with Crippen LogP contribution in [0.5, 0.6) is 5.75 Å². The number of ether oxygens (including phenoxy) is 1. The molecule has 22 heavy (non-hydrogen) atoms. The molecule has 0 bridgehead atoms. The van der Waals surface area contributed by atoms with Gasteiger partial charge in [0.05, 0.1) is 5.56 Å². The number of rotatable bonds is 4. The Kier molecular flexibility index (Phi) is 6.26. The van der Waals surface area contributed by atoms with Gasteiger partial charge in [0.1, 0.15) is 12.4 Å². The lowest BCUT2D eigenvalue weighted by Gasteiger charge is -2.15. The third kappa shape index (κ3) is 4.39. The zero-order valence-corrected chi connectivity index (χ0v) is 12.8. The van der Waals surface area contributed by atoms with E-state index < -0.39 is 11.7 Å². The lowest BCUT2D eigenvalue weighted by Crippen LogP contribution is -2.12. The molecule has 0 saturated carbocycles. The molecule has 0 heterocycles. The van der Waals surface area contributed by atoms with Crippen LogP contribution in [0.1, 0.15) is 11.1 Å². The van der Waals surface area contributed by atoms with E-state index >= 15 is 0 Å². The van der Waals surface area contributed by atoms with Crippen LogP contribution < -0.4 is 10.5 Å². The minimum atomic E-state index is -4.44. The molecule has 0 aliphatic carbocycles. The molecule has 0 unspecified atom stereocenters. The van der Waals surface area contributed by atoms with Gasteiger partial charge in [-0.25, -0.2) is 0 Å². The maximum atomic E-state index is 13.3. The molecule has 2 aromatic carbocycles. The first-order valence-electron chi connectivity index (χ1n) is 6.53. The van der Waals surface area contributed by atoms with Crippen LogP contribution in [0.4, 0.5) is 13.2 Å². The molecule has 2 N–H and O–H groups in total. The summed E-state index contributed by atoms with van der Waals surface area (Å²) >= 11 is 0. The zero-order chi connectivity index (χ0) is 15.5. The van der Waals surface area contributed by atoms with Crippen LogP contribution in [-0.4, -0.2) is 13.2 Å². The standard InChI is InChI=1S/C16H16F3NO.ClH/c1-11-3-2-4-12(9-11)14-6-5-13(21-8-7-20)10-15(14)16(17,18)19;/h2-6,9-10H,7-8,20H2,1H3;1H. The number of hydrogen-bond donors (Lipinski definition) is 1. The smallest absolute Gasteiger partial charge is 0.417 e. The summed E-state index contributed by atoms with van der Waals surface area (Å²) < 4.78 is 45.0. The zero-order valence-electron chi connectivity index (χ0n) is 12.0. The number of aryl methyl sites for hydroxylation is 1. The van der Waals surface area contributed by atoms with Crippen molar-refractivity contribution in [3.8, 4) is 16.9 Å². The first kappa shape index (κ1) is 18.3. The Labute approximate surface area is 133 Å². The fourth-order valence-corrected chi connectivity index (χ4v) is 2.09. The highest BCUT2D eigenvalue weighted by atomic mass is 35.5. The molecule has 0 fully saturated rings. The molecule has 0 radical (unpaired) electrons. The van der Waals surface area contributed by atoms with Crippen molar-refractivity contribution in [3.05, 3.63) is 53.6 Å². The van der Waals surface area contributed by atoms with E-state index in [-0.39, 0.29) is 36.9 Å². The van der Waals surface area contributed by atoms with Gasteiger partial charge in [0, 0.05) is 6.54 Å². The van der Waals surface area contributed by atoms with Crippen LogP contribution in [-0.2, 0) is 6.18 Å². The molecule has 120 valence electrons. The van der Waals surface area contributed by atoms with Crippen molar-refractivity contribution >= 4 is 12.4 Å². The molecule has 0 aliphatic rings. The number of benzene rings is 2. The topological polar surface area (TPSA) is 35.2 Å². The summed E-state index contributed by atoms with van der Waals surface area (Å²) in [6.07, 6.45) is -4.44. The Morgan fingerprint density at radius 1 is 1.09 bits per heavy atom. The molecule has 0 saturated heterocycles. The highest BCUT2D eigenvalue weighted by molar-refractivity contribution is 5.85. The lowest BCUT2D eigenvalue weighted by atomic mass is 9.97. The first-order chi connectivity index (χ1) is 9.91. The quantitative estimate of drug-likeness (QED) is 0.899. The highest BCUT2D eigenvalue weighted by Crippen LogP contribution is 2.39. The van der Waals surface area contributed by atoms with Crippen molar-refractivity contribution in [3.63, 3.8) is 0 Å². The number of halogens is 4. The van der Waals surface area contributed by atoms with Crippen molar-refractivity contribution in [2.45, 2.75) is 13.1 Å². The minimum Gasteiger partial charge on any atom is -0.492 e. The Morgan fingerprint density at radius 3 is 2.41 bits per heavy atom. The fraction of sp³-hybridized carbons (Fsp3) is 0.250. The summed E-state index contributed by atoms with van der Waals surface area (Å²) in [4.78, 5) is 0. The average Bonchev–Trinajstić information content (AvgIpc) is 2.44. The second kappa shape index (κ2) is 7.51. The fourth-order valence-electron chi connectivity index (χ4n) is 2.09. The Balaban J connectivity index is 0.00000242. The van der Waals surface area contributed by atoms with Crippen molar-refractivity contribution in [2.75, 3.05) is 13.2 Å². The lowest BCUT2D eigenvalue weighted by molar-refractivity contribution is -0.137. The van der Waals surface area contributed by atoms with E-state index in [9.17, 15) is 13.2 Å². The monoisotopic (exact) mass is 331 g/mol. The number of hydrogen-bond acceptors (Lipinski definition) is 2. The van der Waals surface area contributed by atoms with Gasteiger partial charge in [0.15, 0.2) is 0 Å². The van der Waals surface area contributed by atoms with Crippen LogP contribution >= 0.6 is 12.4 Å². The molecule has 0 spiro atoms. The highest BCUT2D eigenvalue weighted by Gasteiger charge is 2.34. The van der Waals surface area contributed by atoms with Gasteiger partial charge in [-0.15, -0.1) is 12.4 Å². The summed E-state index contributed by atoms with van der Waals surface area (Å²) in [5.41, 5.74) is 6.17. The van der Waals surface area contributed by atoms with Crippen LogP contribution in [0.25, 0.3) is 11.1 Å². The Morgan fingerprint density at radius 2 is 1.82 bits per heavy atom. The van der Waals surface area contributed by atoms with Gasteiger partial charge in [-0.1, -0.05) is 35.9 Å². The molecular formula is C16H17ClF3NO. The summed E-state index contributed by atoms with van der Waals surface area (Å²) in [5, 5.41) is 0. The van der Waals surface area contributed by atoms with Gasteiger partial charge in [0.25, 0.3) is 0 Å². The van der Waals surface area contributed by atoms with E-state index in [2.05, 4.69) is 0 Å². The Hall–Kier alpha value is -1.72. The van der Waals surface area contributed by atoms with Gasteiger partial charge in [0.2, 0.25) is 0 Å². The number of alkyl halides is 3. The van der Waals surface area contributed by atoms with Gasteiger partial charge in [-0.2, -0.15) is 13.2 Å². The van der Waals surface area contributed by atoms with Crippen LogP contribution in [0.2, 0.25) is 0 Å². The van der Waals surface area contributed by atoms with Gasteiger partial charge >= 0.3 is 6.18 Å². The van der Waals surface area contributed by atoms with E-state index in [1.165, 1.54) is 12.1 Å². The van der Waals surface area contributed by atoms with Crippen molar-refractivity contribution in [1.29, 1.82) is 0 Å². The molecule has 2 rings (SSSR count). The van der Waals surface area contributed by atoms with Crippen molar-refractivity contribution < 1.29 is 17.9 Å². The second-order valence-corrected chi connectivity index (χ2v) is 4.71. The molecule has 0 atom stereocenters. The van der Waals surface area contributed by atoms with E-state index in [1.807, 2.05) is 13.0 Å². The average molecular weight is 332 g/mol. The predicted octanol–water partition coefficient (Wildman–Crippen LogP) is 4.44. The van der Waals surface area contributed by atoms with Crippen molar-refractivity contribution in [2.24, 2.45) is 5.73 Å². The third-order valence-electron chi connectivity index (χ3n) is 3.01. The number of nitrogens with two attached hydrogens (primary N) is 1. The van der Waals surface area contributed by atoms with E-state index in [0.717, 1.165) is 11.6 Å². The molecule has 2 nitrogen and oxygen atoms in total. The van der Waals surface area contributed by atoms with Gasteiger partial charge < -0.3 is 10.5 Å². The summed E-state index contributed by atoms with van der Waals surface area (Å²) in [5.74, 6) is 0.171. The third-order valence-corrected chi connectivity index (χ3v) is 3.01. The maximum Gasteiger partial charge on any atom is 0.417 e. The SMILES string of the molecule is Cc1cccc(-c2ccc(OCCN)cc2C(F)(F)F)c1.Cl. The summed E-state index contributed by atoms with van der Waals surface area (Å²) in [6.45, 7) is 2.28. The molecule has 0 aromatic heterocycles. The van der Waals surface area contributed by atoms with Crippen molar-refractivity contribution in [1.82, 2.24) is 0 Å². The van der Waals surface area contributed by atoms with Gasteiger partial charge in [-0.05, 0) is 30.2 Å².